The highest BCUT2D eigenvalue weighted by atomic mass is 16.2. The Morgan fingerprint density at radius 2 is 2.13 bits per heavy atom. The van der Waals surface area contributed by atoms with Crippen LogP contribution in [0, 0.1) is 23.2 Å². The van der Waals surface area contributed by atoms with E-state index in [4.69, 9.17) is 10.2 Å². The maximum absolute atomic E-state index is 12.4. The Bertz CT molecular complexity index is 947. The summed E-state index contributed by atoms with van der Waals surface area (Å²) >= 11 is 0. The quantitative estimate of drug-likeness (QED) is 0.784. The fourth-order valence-electron chi connectivity index (χ4n) is 3.41. The molecule has 7 heteroatoms. The Morgan fingerprint density at radius 1 is 1.40 bits per heavy atom. The molecule has 1 saturated heterocycles. The number of nitrogens with one attached hydrogen (secondary N) is 2. The number of H-pyrrole nitrogens is 1. The van der Waals surface area contributed by atoms with Crippen molar-refractivity contribution < 1.29 is 4.79 Å². The lowest BCUT2D eigenvalue weighted by Crippen LogP contribution is -2.36. The predicted molar refractivity (Wildman–Crippen MR) is 118 cm³/mol. The normalized spacial score (nSPS) is 18.9. The van der Waals surface area contributed by atoms with Gasteiger partial charge in [-0.1, -0.05) is 26.8 Å². The van der Waals surface area contributed by atoms with Gasteiger partial charge in [0.05, 0.1) is 30.4 Å². The SMILES string of the molecule is CC(C)C.CC=C(NCC(=O)N1CCC(C#N)C1)c1c[nH]c2ncc(C3CC3)nc12. The molecule has 3 heterocycles. The molecule has 160 valence electrons. The molecule has 2 N–H and O–H groups in total. The van der Waals surface area contributed by atoms with Crippen LogP contribution in [-0.2, 0) is 4.79 Å². The summed E-state index contributed by atoms with van der Waals surface area (Å²) in [5.41, 5.74) is 4.44. The Hall–Kier alpha value is -2.88. The van der Waals surface area contributed by atoms with Crippen molar-refractivity contribution in [3.8, 4) is 6.07 Å². The molecule has 1 saturated carbocycles. The molecule has 1 aliphatic heterocycles. The first-order valence-electron chi connectivity index (χ1n) is 10.8. The summed E-state index contributed by atoms with van der Waals surface area (Å²) in [5.74, 6) is 1.36. The first-order valence-corrected chi connectivity index (χ1v) is 10.8. The van der Waals surface area contributed by atoms with Crippen molar-refractivity contribution in [1.29, 1.82) is 5.26 Å². The Labute approximate surface area is 178 Å². The largest absolute Gasteiger partial charge is 0.376 e. The highest BCUT2D eigenvalue weighted by molar-refractivity contribution is 5.88. The second-order valence-corrected chi connectivity index (χ2v) is 8.71. The molecule has 0 radical (unpaired) electrons. The summed E-state index contributed by atoms with van der Waals surface area (Å²) in [6.45, 7) is 9.84. The second-order valence-electron chi connectivity index (χ2n) is 8.71. The van der Waals surface area contributed by atoms with Crippen LogP contribution in [0.2, 0.25) is 0 Å². The number of amides is 1. The van der Waals surface area contributed by atoms with Crippen molar-refractivity contribution in [3.05, 3.63) is 29.7 Å². The van der Waals surface area contributed by atoms with E-state index in [1.807, 2.05) is 25.4 Å². The molecule has 2 aromatic heterocycles. The predicted octanol–water partition coefficient (Wildman–Crippen LogP) is 3.82. The number of hydrogen-bond acceptors (Lipinski definition) is 5. The van der Waals surface area contributed by atoms with Crippen LogP contribution in [0.15, 0.2) is 18.5 Å². The van der Waals surface area contributed by atoms with E-state index in [1.165, 1.54) is 12.8 Å². The van der Waals surface area contributed by atoms with Crippen molar-refractivity contribution in [2.75, 3.05) is 19.6 Å². The molecule has 2 aliphatic rings. The van der Waals surface area contributed by atoms with Crippen LogP contribution in [-0.4, -0.2) is 45.4 Å². The number of nitriles is 1. The van der Waals surface area contributed by atoms with Gasteiger partial charge in [-0.15, -0.1) is 0 Å². The zero-order valence-electron chi connectivity index (χ0n) is 18.4. The summed E-state index contributed by atoms with van der Waals surface area (Å²) in [6.07, 6.45) is 8.82. The van der Waals surface area contributed by atoms with Crippen molar-refractivity contribution in [2.45, 2.75) is 52.9 Å². The van der Waals surface area contributed by atoms with Crippen LogP contribution in [0.5, 0.6) is 0 Å². The molecule has 30 heavy (non-hydrogen) atoms. The van der Waals surface area contributed by atoms with E-state index in [0.29, 0.717) is 19.0 Å². The molecular formula is C23H32N6O. The fraction of sp³-hybridized carbons (Fsp3) is 0.565. The van der Waals surface area contributed by atoms with Gasteiger partial charge >= 0.3 is 0 Å². The number of likely N-dealkylation sites (tertiary alicyclic amines) is 1. The van der Waals surface area contributed by atoms with Crippen LogP contribution in [0.25, 0.3) is 16.9 Å². The highest BCUT2D eigenvalue weighted by Crippen LogP contribution is 2.39. The highest BCUT2D eigenvalue weighted by Gasteiger charge is 2.27. The van der Waals surface area contributed by atoms with E-state index in [2.05, 4.69) is 42.1 Å². The molecule has 2 aromatic rings. The lowest BCUT2D eigenvalue weighted by molar-refractivity contribution is -0.129. The molecule has 1 amide bonds. The smallest absolute Gasteiger partial charge is 0.241 e. The average molecular weight is 409 g/mol. The topological polar surface area (TPSA) is 97.7 Å². The molecule has 4 rings (SSSR count). The van der Waals surface area contributed by atoms with Gasteiger partial charge in [0.2, 0.25) is 5.91 Å². The van der Waals surface area contributed by atoms with Gasteiger partial charge in [-0.05, 0) is 32.1 Å². The monoisotopic (exact) mass is 408 g/mol. The van der Waals surface area contributed by atoms with Gasteiger partial charge in [-0.2, -0.15) is 5.26 Å². The van der Waals surface area contributed by atoms with Crippen LogP contribution in [0.1, 0.15) is 64.1 Å². The van der Waals surface area contributed by atoms with Crippen LogP contribution in [0.3, 0.4) is 0 Å². The number of allylic oxidation sites excluding steroid dienone is 1. The molecule has 0 bridgehead atoms. The minimum Gasteiger partial charge on any atom is -0.376 e. The molecule has 1 unspecified atom stereocenters. The molecule has 0 spiro atoms. The zero-order valence-corrected chi connectivity index (χ0v) is 18.4. The summed E-state index contributed by atoms with van der Waals surface area (Å²) in [6, 6.07) is 2.24. The summed E-state index contributed by atoms with van der Waals surface area (Å²) in [5, 5.41) is 12.2. The maximum atomic E-state index is 12.4. The number of nitrogens with zero attached hydrogens (tertiary/aromatic N) is 4. The lowest BCUT2D eigenvalue weighted by atomic mass is 10.1. The minimum absolute atomic E-state index is 0.0201. The van der Waals surface area contributed by atoms with Gasteiger partial charge in [0.15, 0.2) is 5.65 Å². The number of hydrogen-bond donors (Lipinski definition) is 2. The fourth-order valence-corrected chi connectivity index (χ4v) is 3.41. The second kappa shape index (κ2) is 9.75. The van der Waals surface area contributed by atoms with E-state index >= 15 is 0 Å². The van der Waals surface area contributed by atoms with E-state index in [-0.39, 0.29) is 18.4 Å². The Balaban J connectivity index is 0.000000589. The van der Waals surface area contributed by atoms with Crippen molar-refractivity contribution in [3.63, 3.8) is 0 Å². The van der Waals surface area contributed by atoms with Crippen LogP contribution in [0.4, 0.5) is 0 Å². The van der Waals surface area contributed by atoms with Gasteiger partial charge in [0.1, 0.15) is 5.52 Å². The van der Waals surface area contributed by atoms with Crippen LogP contribution >= 0.6 is 0 Å². The van der Waals surface area contributed by atoms with E-state index in [0.717, 1.165) is 40.5 Å². The molecule has 7 nitrogen and oxygen atoms in total. The van der Waals surface area contributed by atoms with Crippen molar-refractivity contribution in [1.82, 2.24) is 25.2 Å². The maximum Gasteiger partial charge on any atom is 0.241 e. The van der Waals surface area contributed by atoms with Crippen molar-refractivity contribution >= 4 is 22.8 Å². The first-order chi connectivity index (χ1) is 14.4. The third kappa shape index (κ3) is 5.38. The van der Waals surface area contributed by atoms with Gasteiger partial charge < -0.3 is 15.2 Å². The zero-order chi connectivity index (χ0) is 21.7. The summed E-state index contributed by atoms with van der Waals surface area (Å²) < 4.78 is 0. The third-order valence-electron chi connectivity index (χ3n) is 5.13. The number of aromatic amines is 1. The molecule has 1 atom stereocenters. The van der Waals surface area contributed by atoms with Gasteiger partial charge in [0.25, 0.3) is 0 Å². The van der Waals surface area contributed by atoms with Crippen LogP contribution < -0.4 is 5.32 Å². The minimum atomic E-state index is -0.0372. The third-order valence-corrected chi connectivity index (χ3v) is 5.13. The number of aromatic nitrogens is 3. The summed E-state index contributed by atoms with van der Waals surface area (Å²) in [4.78, 5) is 26.6. The van der Waals surface area contributed by atoms with E-state index in [9.17, 15) is 4.79 Å². The lowest BCUT2D eigenvalue weighted by Gasteiger charge is -2.17. The standard InChI is InChI=1S/C19H22N6O.C4H10/c1-2-15(21-10-17(26)25-6-5-12(7-20)11-25)14-8-22-19-18(14)24-16(9-23-19)13-3-4-13;1-4(2)3/h2,8-9,12-13,21H,3-6,10-11H2,1H3,(H,22,23);4H,1-3H3. The van der Waals surface area contributed by atoms with E-state index in [1.54, 1.807) is 4.90 Å². The Kier molecular flexibility index (Phi) is 7.09. The first kappa shape index (κ1) is 21.8. The number of rotatable bonds is 5. The average Bonchev–Trinajstić information content (AvgIpc) is 3.31. The van der Waals surface area contributed by atoms with Gasteiger partial charge in [0, 0.05) is 36.5 Å². The number of carbonyl (C=O) groups excluding carboxylic acids is 1. The van der Waals surface area contributed by atoms with Gasteiger partial charge in [-0.3, -0.25) is 4.79 Å². The molecule has 2 fully saturated rings. The van der Waals surface area contributed by atoms with Gasteiger partial charge in [-0.25, -0.2) is 9.97 Å². The number of carbonyl (C=O) groups is 1. The van der Waals surface area contributed by atoms with Crippen molar-refractivity contribution in [2.24, 2.45) is 11.8 Å². The molecule has 1 aliphatic carbocycles. The Morgan fingerprint density at radius 3 is 2.73 bits per heavy atom. The van der Waals surface area contributed by atoms with E-state index < -0.39 is 0 Å². The molecule has 0 aromatic carbocycles. The number of fused-ring (bicyclic) bond motifs is 1. The summed E-state index contributed by atoms with van der Waals surface area (Å²) in [7, 11) is 0. The molecular weight excluding hydrogens is 376 g/mol.